The van der Waals surface area contributed by atoms with Gasteiger partial charge < -0.3 is 9.47 Å². The van der Waals surface area contributed by atoms with Crippen LogP contribution in [0.15, 0.2) is 48.5 Å². The molecule has 3 aromatic rings. The van der Waals surface area contributed by atoms with E-state index in [1.54, 1.807) is 7.11 Å². The normalized spacial score (nSPS) is 10.8. The van der Waals surface area contributed by atoms with E-state index < -0.39 is 0 Å². The minimum Gasteiger partial charge on any atom is -0.496 e. The fraction of sp³-hybridized carbons (Fsp3) is 0.211. The second-order valence-corrected chi connectivity index (χ2v) is 5.12. The van der Waals surface area contributed by atoms with Crippen LogP contribution in [0.2, 0.25) is 0 Å². The number of carbonyl (C=O) groups is 1. The molecule has 0 atom stereocenters. The minimum atomic E-state index is -0.207. The molecule has 3 rings (SSSR count). The van der Waals surface area contributed by atoms with Crippen LogP contribution >= 0.6 is 0 Å². The molecule has 3 aromatic carbocycles. The maximum Gasteiger partial charge on any atom is 0.310 e. The Hall–Kier alpha value is -2.55. The lowest BCUT2D eigenvalue weighted by atomic mass is 9.95. The molecular formula is C19H18O3. The summed E-state index contributed by atoms with van der Waals surface area (Å²) in [4.78, 5) is 11.9. The first-order chi connectivity index (χ1) is 10.7. The van der Waals surface area contributed by atoms with Gasteiger partial charge in [-0.05, 0) is 40.8 Å². The number of carbonyl (C=O) groups excluding carboxylic acids is 1. The van der Waals surface area contributed by atoms with Gasteiger partial charge in [0.1, 0.15) is 5.75 Å². The highest BCUT2D eigenvalue weighted by Crippen LogP contribution is 2.35. The molecule has 0 unspecified atom stereocenters. The fourth-order valence-corrected chi connectivity index (χ4v) is 2.88. The largest absolute Gasteiger partial charge is 0.496 e. The van der Waals surface area contributed by atoms with Crippen molar-refractivity contribution in [2.75, 3.05) is 13.7 Å². The Bertz CT molecular complexity index is 837. The zero-order chi connectivity index (χ0) is 15.5. The molecule has 0 saturated heterocycles. The third kappa shape index (κ3) is 2.50. The average molecular weight is 294 g/mol. The van der Waals surface area contributed by atoms with Gasteiger partial charge in [-0.15, -0.1) is 0 Å². The van der Waals surface area contributed by atoms with Crippen molar-refractivity contribution in [1.82, 2.24) is 0 Å². The maximum absolute atomic E-state index is 11.9. The zero-order valence-electron chi connectivity index (χ0n) is 12.8. The number of fused-ring (bicyclic) bond motifs is 3. The van der Waals surface area contributed by atoms with Crippen molar-refractivity contribution in [2.45, 2.75) is 13.3 Å². The first kappa shape index (κ1) is 14.4. The number of hydrogen-bond donors (Lipinski definition) is 0. The van der Waals surface area contributed by atoms with E-state index in [2.05, 4.69) is 18.2 Å². The first-order valence-corrected chi connectivity index (χ1v) is 7.37. The minimum absolute atomic E-state index is 0.207. The molecule has 0 aliphatic heterocycles. The molecule has 0 saturated carbocycles. The summed E-state index contributed by atoms with van der Waals surface area (Å²) in [7, 11) is 1.67. The molecule has 22 heavy (non-hydrogen) atoms. The lowest BCUT2D eigenvalue weighted by Gasteiger charge is -2.13. The lowest BCUT2D eigenvalue weighted by Crippen LogP contribution is -2.08. The smallest absolute Gasteiger partial charge is 0.310 e. The molecule has 0 heterocycles. The second kappa shape index (κ2) is 6.06. The summed E-state index contributed by atoms with van der Waals surface area (Å²) in [5.41, 5.74) is 0.964. The summed E-state index contributed by atoms with van der Waals surface area (Å²) in [5.74, 6) is 0.612. The Balaban J connectivity index is 2.29. The predicted molar refractivity (Wildman–Crippen MR) is 88.3 cm³/mol. The van der Waals surface area contributed by atoms with E-state index in [0.29, 0.717) is 6.61 Å². The van der Waals surface area contributed by atoms with Gasteiger partial charge in [0.2, 0.25) is 0 Å². The van der Waals surface area contributed by atoms with Gasteiger partial charge in [-0.3, -0.25) is 4.79 Å². The Morgan fingerprint density at radius 3 is 2.59 bits per heavy atom. The number of esters is 1. The first-order valence-electron chi connectivity index (χ1n) is 7.37. The van der Waals surface area contributed by atoms with Crippen LogP contribution in [0.3, 0.4) is 0 Å². The van der Waals surface area contributed by atoms with E-state index >= 15 is 0 Å². The summed E-state index contributed by atoms with van der Waals surface area (Å²) in [5, 5.41) is 4.30. The van der Waals surface area contributed by atoms with E-state index in [0.717, 1.165) is 32.9 Å². The van der Waals surface area contributed by atoms with E-state index in [-0.39, 0.29) is 12.4 Å². The van der Waals surface area contributed by atoms with Crippen LogP contribution in [0.5, 0.6) is 5.75 Å². The van der Waals surface area contributed by atoms with E-state index in [1.807, 2.05) is 37.3 Å². The Labute approximate surface area is 129 Å². The summed E-state index contributed by atoms with van der Waals surface area (Å²) in [6.45, 7) is 2.22. The Kier molecular flexibility index (Phi) is 3.96. The van der Waals surface area contributed by atoms with Gasteiger partial charge in [-0.25, -0.2) is 0 Å². The van der Waals surface area contributed by atoms with Gasteiger partial charge in [-0.1, -0.05) is 36.4 Å². The van der Waals surface area contributed by atoms with Crippen LogP contribution in [-0.2, 0) is 16.0 Å². The molecule has 0 amide bonds. The van der Waals surface area contributed by atoms with Crippen molar-refractivity contribution in [3.63, 3.8) is 0 Å². The molecule has 0 aliphatic carbocycles. The van der Waals surface area contributed by atoms with Crippen molar-refractivity contribution < 1.29 is 14.3 Å². The van der Waals surface area contributed by atoms with Crippen molar-refractivity contribution >= 4 is 27.5 Å². The van der Waals surface area contributed by atoms with E-state index in [4.69, 9.17) is 9.47 Å². The number of ether oxygens (including phenoxy) is 2. The highest BCUT2D eigenvalue weighted by molar-refractivity contribution is 6.12. The average Bonchev–Trinajstić information content (AvgIpc) is 2.54. The van der Waals surface area contributed by atoms with Crippen LogP contribution in [0.1, 0.15) is 12.5 Å². The summed E-state index contributed by atoms with van der Waals surface area (Å²) in [6.07, 6.45) is 0.266. The summed E-state index contributed by atoms with van der Waals surface area (Å²) < 4.78 is 10.6. The fourth-order valence-electron chi connectivity index (χ4n) is 2.88. The second-order valence-electron chi connectivity index (χ2n) is 5.12. The molecule has 112 valence electrons. The molecule has 0 aromatic heterocycles. The number of benzene rings is 3. The van der Waals surface area contributed by atoms with E-state index in [9.17, 15) is 4.79 Å². The topological polar surface area (TPSA) is 35.5 Å². The van der Waals surface area contributed by atoms with Crippen molar-refractivity contribution in [1.29, 1.82) is 0 Å². The number of hydrogen-bond acceptors (Lipinski definition) is 3. The predicted octanol–water partition coefficient (Wildman–Crippen LogP) is 4.11. The zero-order valence-corrected chi connectivity index (χ0v) is 12.8. The van der Waals surface area contributed by atoms with Crippen LogP contribution in [0, 0.1) is 0 Å². The van der Waals surface area contributed by atoms with Crippen LogP contribution < -0.4 is 4.74 Å². The third-order valence-electron chi connectivity index (χ3n) is 3.79. The van der Waals surface area contributed by atoms with Crippen LogP contribution in [-0.4, -0.2) is 19.7 Å². The molecule has 0 fully saturated rings. The molecule has 0 bridgehead atoms. The molecule has 3 heteroatoms. The van der Waals surface area contributed by atoms with Gasteiger partial charge in [0.25, 0.3) is 0 Å². The SMILES string of the molecule is CCOC(=O)Cc1cc2ccccc2c2c(OC)cccc12. The molecule has 0 N–H and O–H groups in total. The summed E-state index contributed by atoms with van der Waals surface area (Å²) in [6, 6.07) is 16.1. The number of rotatable bonds is 4. The molecular weight excluding hydrogens is 276 g/mol. The van der Waals surface area contributed by atoms with Gasteiger partial charge in [-0.2, -0.15) is 0 Å². The summed E-state index contributed by atoms with van der Waals surface area (Å²) >= 11 is 0. The van der Waals surface area contributed by atoms with Gasteiger partial charge in [0.05, 0.1) is 20.1 Å². The quantitative estimate of drug-likeness (QED) is 0.536. The van der Waals surface area contributed by atoms with Gasteiger partial charge in [0.15, 0.2) is 0 Å². The van der Waals surface area contributed by atoms with Crippen LogP contribution in [0.25, 0.3) is 21.5 Å². The molecule has 0 spiro atoms. The Morgan fingerprint density at radius 1 is 1.05 bits per heavy atom. The molecule has 0 aliphatic rings. The molecule has 0 radical (unpaired) electrons. The maximum atomic E-state index is 11.9. The monoisotopic (exact) mass is 294 g/mol. The van der Waals surface area contributed by atoms with Crippen molar-refractivity contribution in [3.8, 4) is 5.75 Å². The van der Waals surface area contributed by atoms with E-state index in [1.165, 1.54) is 0 Å². The Morgan fingerprint density at radius 2 is 1.82 bits per heavy atom. The highest BCUT2D eigenvalue weighted by atomic mass is 16.5. The number of methoxy groups -OCH3 is 1. The van der Waals surface area contributed by atoms with Gasteiger partial charge in [0, 0.05) is 5.39 Å². The third-order valence-corrected chi connectivity index (χ3v) is 3.79. The van der Waals surface area contributed by atoms with Crippen molar-refractivity contribution in [3.05, 3.63) is 54.1 Å². The molecule has 3 nitrogen and oxygen atoms in total. The van der Waals surface area contributed by atoms with Gasteiger partial charge >= 0.3 is 5.97 Å². The van der Waals surface area contributed by atoms with Crippen molar-refractivity contribution in [2.24, 2.45) is 0 Å². The lowest BCUT2D eigenvalue weighted by molar-refractivity contribution is -0.142. The standard InChI is InChI=1S/C19H18O3/c1-3-22-18(20)12-14-11-13-7-4-5-8-15(13)19-16(14)9-6-10-17(19)21-2/h4-11H,3,12H2,1-2H3. The highest BCUT2D eigenvalue weighted by Gasteiger charge is 2.13. The van der Waals surface area contributed by atoms with Crippen LogP contribution in [0.4, 0.5) is 0 Å².